The summed E-state index contributed by atoms with van der Waals surface area (Å²) in [6, 6.07) is 4.41. The van der Waals surface area contributed by atoms with Crippen molar-refractivity contribution < 1.29 is 27.6 Å². The standard InChI is InChI=1S/C17H19FN2O5S/c1-4-5-11-6-7-12(8-14(11)18)15-9-13(25-20-15)10-26(23,24)17(2,3)16(21)19-22/h6-8,13,22H,9-10H2,1-3H3,(H,19,21). The molecular formula is C17H19FN2O5S. The number of hydrogen-bond acceptors (Lipinski definition) is 6. The van der Waals surface area contributed by atoms with E-state index in [-0.39, 0.29) is 12.0 Å². The predicted octanol–water partition coefficient (Wildman–Crippen LogP) is 1.39. The molecule has 1 aliphatic rings. The first-order valence-electron chi connectivity index (χ1n) is 7.74. The summed E-state index contributed by atoms with van der Waals surface area (Å²) >= 11 is 0. The molecule has 0 saturated carbocycles. The number of benzene rings is 1. The Labute approximate surface area is 151 Å². The zero-order valence-electron chi connectivity index (χ0n) is 14.5. The van der Waals surface area contributed by atoms with Gasteiger partial charge in [-0.3, -0.25) is 10.0 Å². The summed E-state index contributed by atoms with van der Waals surface area (Å²) in [4.78, 5) is 16.7. The third-order valence-corrected chi connectivity index (χ3v) is 6.68. The number of sulfone groups is 1. The quantitative estimate of drug-likeness (QED) is 0.455. The van der Waals surface area contributed by atoms with Gasteiger partial charge in [0.1, 0.15) is 16.7 Å². The monoisotopic (exact) mass is 382 g/mol. The summed E-state index contributed by atoms with van der Waals surface area (Å²) in [6.45, 7) is 3.98. The van der Waals surface area contributed by atoms with E-state index < -0.39 is 38.2 Å². The Bertz CT molecular complexity index is 913. The average Bonchev–Trinajstić information content (AvgIpc) is 3.03. The van der Waals surface area contributed by atoms with Gasteiger partial charge >= 0.3 is 0 Å². The van der Waals surface area contributed by atoms with Gasteiger partial charge in [0, 0.05) is 12.0 Å². The summed E-state index contributed by atoms with van der Waals surface area (Å²) in [5.41, 5.74) is 2.48. The highest BCUT2D eigenvalue weighted by Gasteiger charge is 2.44. The number of carbonyl (C=O) groups excluding carboxylic acids is 1. The fourth-order valence-electron chi connectivity index (χ4n) is 2.35. The summed E-state index contributed by atoms with van der Waals surface area (Å²) in [6.07, 6.45) is -0.659. The third-order valence-electron chi connectivity index (χ3n) is 4.13. The van der Waals surface area contributed by atoms with Crippen LogP contribution in [0.4, 0.5) is 4.39 Å². The van der Waals surface area contributed by atoms with Crippen molar-refractivity contribution in [1.82, 2.24) is 5.48 Å². The molecule has 2 N–H and O–H groups in total. The lowest BCUT2D eigenvalue weighted by atomic mass is 10.0. The van der Waals surface area contributed by atoms with Crippen molar-refractivity contribution in [3.05, 3.63) is 35.1 Å². The lowest BCUT2D eigenvalue weighted by Gasteiger charge is -2.23. The lowest BCUT2D eigenvalue weighted by molar-refractivity contribution is -0.131. The molecule has 1 atom stereocenters. The fourth-order valence-corrected chi connectivity index (χ4v) is 3.76. The fraction of sp³-hybridized carbons (Fsp3) is 0.412. The van der Waals surface area contributed by atoms with Crippen molar-refractivity contribution in [3.8, 4) is 11.8 Å². The van der Waals surface area contributed by atoms with E-state index in [1.54, 1.807) is 13.0 Å². The predicted molar refractivity (Wildman–Crippen MR) is 92.8 cm³/mol. The van der Waals surface area contributed by atoms with Crippen molar-refractivity contribution >= 4 is 21.5 Å². The lowest BCUT2D eigenvalue weighted by Crippen LogP contribution is -2.49. The molecule has 140 valence electrons. The number of oxime groups is 1. The van der Waals surface area contributed by atoms with E-state index >= 15 is 0 Å². The highest BCUT2D eigenvalue weighted by molar-refractivity contribution is 7.93. The number of carbonyl (C=O) groups is 1. The number of hydroxylamine groups is 1. The SMILES string of the molecule is CC#Cc1ccc(C2=NOC(CS(=O)(=O)C(C)(C)C(=O)NO)C2)cc1F. The molecular weight excluding hydrogens is 363 g/mol. The van der Waals surface area contributed by atoms with Crippen LogP contribution in [0.1, 0.15) is 38.3 Å². The summed E-state index contributed by atoms with van der Waals surface area (Å²) in [7, 11) is -3.95. The van der Waals surface area contributed by atoms with E-state index in [4.69, 9.17) is 10.0 Å². The summed E-state index contributed by atoms with van der Waals surface area (Å²) in [5.74, 6) is 3.24. The molecule has 0 fully saturated rings. The molecule has 1 unspecified atom stereocenters. The van der Waals surface area contributed by atoms with E-state index in [9.17, 15) is 17.6 Å². The molecule has 1 heterocycles. The molecule has 0 aliphatic carbocycles. The summed E-state index contributed by atoms with van der Waals surface area (Å²) < 4.78 is 37.0. The smallest absolute Gasteiger partial charge is 0.264 e. The van der Waals surface area contributed by atoms with E-state index in [0.29, 0.717) is 11.3 Å². The minimum atomic E-state index is -3.95. The molecule has 0 saturated heterocycles. The Morgan fingerprint density at radius 3 is 2.77 bits per heavy atom. The van der Waals surface area contributed by atoms with Crippen molar-refractivity contribution in [3.63, 3.8) is 0 Å². The van der Waals surface area contributed by atoms with Gasteiger partial charge < -0.3 is 4.84 Å². The highest BCUT2D eigenvalue weighted by Crippen LogP contribution is 2.24. The van der Waals surface area contributed by atoms with Crippen LogP contribution in [0, 0.1) is 17.7 Å². The average molecular weight is 382 g/mol. The van der Waals surface area contributed by atoms with E-state index in [2.05, 4.69) is 17.0 Å². The van der Waals surface area contributed by atoms with Crippen molar-refractivity contribution in [1.29, 1.82) is 0 Å². The second-order valence-electron chi connectivity index (χ2n) is 6.27. The Balaban J connectivity index is 2.12. The van der Waals surface area contributed by atoms with Gasteiger partial charge in [-0.25, -0.2) is 18.3 Å². The second-order valence-corrected chi connectivity index (χ2v) is 8.86. The van der Waals surface area contributed by atoms with Crippen LogP contribution >= 0.6 is 0 Å². The Hall–Kier alpha value is -2.44. The first kappa shape index (κ1) is 19.9. The van der Waals surface area contributed by atoms with E-state index in [1.165, 1.54) is 31.5 Å². The van der Waals surface area contributed by atoms with Crippen LogP contribution in [0.3, 0.4) is 0 Å². The maximum absolute atomic E-state index is 14.0. The molecule has 1 aromatic rings. The first-order valence-corrected chi connectivity index (χ1v) is 9.40. The van der Waals surface area contributed by atoms with Gasteiger partial charge in [-0.1, -0.05) is 17.1 Å². The molecule has 2 rings (SSSR count). The number of nitrogens with one attached hydrogen (secondary N) is 1. The normalized spacial score (nSPS) is 17.0. The maximum atomic E-state index is 14.0. The first-order chi connectivity index (χ1) is 12.1. The van der Waals surface area contributed by atoms with Crippen molar-refractivity contribution in [2.24, 2.45) is 5.16 Å². The van der Waals surface area contributed by atoms with Crippen LogP contribution in [0.15, 0.2) is 23.4 Å². The van der Waals surface area contributed by atoms with Gasteiger partial charge in [0.25, 0.3) is 5.91 Å². The number of nitrogens with zero attached hydrogens (tertiary/aromatic N) is 1. The van der Waals surface area contributed by atoms with Crippen molar-refractivity contribution in [2.75, 3.05) is 5.75 Å². The van der Waals surface area contributed by atoms with Crippen LogP contribution in [-0.4, -0.2) is 41.8 Å². The van der Waals surface area contributed by atoms with Gasteiger partial charge in [-0.2, -0.15) is 0 Å². The number of amides is 1. The van der Waals surface area contributed by atoms with Crippen LogP contribution in [0.25, 0.3) is 0 Å². The second kappa shape index (κ2) is 7.43. The zero-order chi connectivity index (χ0) is 19.5. The molecule has 26 heavy (non-hydrogen) atoms. The molecule has 1 amide bonds. The molecule has 0 spiro atoms. The van der Waals surface area contributed by atoms with Crippen LogP contribution in [0.2, 0.25) is 0 Å². The largest absolute Gasteiger partial charge is 0.391 e. The highest BCUT2D eigenvalue weighted by atomic mass is 32.2. The minimum Gasteiger partial charge on any atom is -0.391 e. The Morgan fingerprint density at radius 2 is 2.19 bits per heavy atom. The molecule has 1 aromatic carbocycles. The van der Waals surface area contributed by atoms with Gasteiger partial charge in [-0.05, 0) is 32.9 Å². The summed E-state index contributed by atoms with van der Waals surface area (Å²) in [5, 5.41) is 12.5. The minimum absolute atomic E-state index is 0.147. The van der Waals surface area contributed by atoms with Gasteiger partial charge in [0.2, 0.25) is 0 Å². The third kappa shape index (κ3) is 3.86. The molecule has 0 radical (unpaired) electrons. The van der Waals surface area contributed by atoms with E-state index in [1.807, 2.05) is 0 Å². The molecule has 1 aliphatic heterocycles. The molecule has 0 aromatic heterocycles. The topological polar surface area (TPSA) is 105 Å². The Morgan fingerprint density at radius 1 is 1.50 bits per heavy atom. The van der Waals surface area contributed by atoms with E-state index in [0.717, 1.165) is 0 Å². The molecule has 7 nitrogen and oxygen atoms in total. The number of halogens is 1. The van der Waals surface area contributed by atoms with Crippen LogP contribution < -0.4 is 5.48 Å². The van der Waals surface area contributed by atoms with Crippen LogP contribution in [-0.2, 0) is 19.5 Å². The zero-order valence-corrected chi connectivity index (χ0v) is 15.4. The number of hydrogen-bond donors (Lipinski definition) is 2. The van der Waals surface area contributed by atoms with Gasteiger partial charge in [-0.15, -0.1) is 5.92 Å². The van der Waals surface area contributed by atoms with Crippen LogP contribution in [0.5, 0.6) is 0 Å². The van der Waals surface area contributed by atoms with Gasteiger partial charge in [0.05, 0.1) is 17.0 Å². The van der Waals surface area contributed by atoms with Gasteiger partial charge in [0.15, 0.2) is 9.84 Å². The maximum Gasteiger partial charge on any atom is 0.264 e. The molecule has 0 bridgehead atoms. The Kier molecular flexibility index (Phi) is 5.68. The molecule has 9 heteroatoms. The number of rotatable bonds is 5. The van der Waals surface area contributed by atoms with Crippen molar-refractivity contribution in [2.45, 2.75) is 38.0 Å².